The van der Waals surface area contributed by atoms with Crippen molar-refractivity contribution >= 4 is 16.1 Å². The molecule has 3 aliphatic rings. The molecule has 2 atom stereocenters. The average molecular weight is 327 g/mol. The molecule has 1 saturated carbocycles. The summed E-state index contributed by atoms with van der Waals surface area (Å²) in [5.74, 6) is 0.145. The van der Waals surface area contributed by atoms with E-state index in [2.05, 4.69) is 5.32 Å². The zero-order valence-electron chi connectivity index (χ0n) is 12.7. The van der Waals surface area contributed by atoms with Crippen molar-refractivity contribution in [2.24, 2.45) is 5.92 Å². The third-order valence-electron chi connectivity index (χ3n) is 4.03. The standard InChI is InChI=1S/C8H13NO2.C7H8O3S/c1-11-8(10)5-2-6-4-7(3-5)9-6;1-6-2-4-7(5-3-6)11(8,9)10/h5-7,9H,2-4H2,1H3;2-5H,1H3,(H,8,9,10). The van der Waals surface area contributed by atoms with Crippen molar-refractivity contribution in [2.75, 3.05) is 7.11 Å². The van der Waals surface area contributed by atoms with Crippen LogP contribution in [0.5, 0.6) is 0 Å². The third-order valence-corrected chi connectivity index (χ3v) is 4.90. The van der Waals surface area contributed by atoms with Gasteiger partial charge >= 0.3 is 5.97 Å². The van der Waals surface area contributed by atoms with Crippen molar-refractivity contribution in [3.63, 3.8) is 0 Å². The molecular formula is C15H21NO5S. The zero-order valence-corrected chi connectivity index (χ0v) is 13.5. The number of benzene rings is 1. The fourth-order valence-corrected chi connectivity index (χ4v) is 3.31. The van der Waals surface area contributed by atoms with Gasteiger partial charge in [0.15, 0.2) is 0 Å². The number of esters is 1. The number of methoxy groups -OCH3 is 1. The molecule has 3 fully saturated rings. The molecule has 0 amide bonds. The Hall–Kier alpha value is -1.44. The highest BCUT2D eigenvalue weighted by Crippen LogP contribution is 2.33. The molecule has 2 unspecified atom stereocenters. The lowest BCUT2D eigenvalue weighted by atomic mass is 9.76. The minimum Gasteiger partial charge on any atom is -0.469 e. The first-order valence-corrected chi connectivity index (χ1v) is 8.61. The maximum atomic E-state index is 11.1. The van der Waals surface area contributed by atoms with E-state index in [-0.39, 0.29) is 16.8 Å². The molecule has 0 radical (unpaired) electrons. The summed E-state index contributed by atoms with van der Waals surface area (Å²) in [6.07, 6.45) is 3.21. The number of hydrogen-bond donors (Lipinski definition) is 2. The Morgan fingerprint density at radius 3 is 2.09 bits per heavy atom. The van der Waals surface area contributed by atoms with Gasteiger partial charge in [0.2, 0.25) is 0 Å². The molecule has 0 aromatic heterocycles. The number of carbonyl (C=O) groups is 1. The van der Waals surface area contributed by atoms with Gasteiger partial charge in [-0.2, -0.15) is 8.42 Å². The summed E-state index contributed by atoms with van der Waals surface area (Å²) in [7, 11) is -2.55. The number of rotatable bonds is 2. The van der Waals surface area contributed by atoms with E-state index >= 15 is 0 Å². The minimum absolute atomic E-state index is 0.0267. The molecule has 1 aliphatic carbocycles. The van der Waals surface area contributed by atoms with Crippen LogP contribution in [0.4, 0.5) is 0 Å². The van der Waals surface area contributed by atoms with Crippen LogP contribution in [0.3, 0.4) is 0 Å². The molecule has 0 spiro atoms. The Morgan fingerprint density at radius 2 is 1.68 bits per heavy atom. The summed E-state index contributed by atoms with van der Waals surface area (Å²) in [4.78, 5) is 11.0. The summed E-state index contributed by atoms with van der Waals surface area (Å²) in [5.41, 5.74) is 0.956. The Bertz CT molecular complexity index is 610. The lowest BCUT2D eigenvalue weighted by Crippen LogP contribution is -2.58. The molecule has 2 heterocycles. The molecular weight excluding hydrogens is 306 g/mol. The van der Waals surface area contributed by atoms with Crippen LogP contribution in [-0.2, 0) is 19.6 Å². The van der Waals surface area contributed by atoms with Crippen LogP contribution in [0.25, 0.3) is 0 Å². The molecule has 1 aromatic carbocycles. The quantitative estimate of drug-likeness (QED) is 0.632. The SMILES string of the molecule is COC(=O)C1CC2CC(C1)N2.Cc1ccc(S(=O)(=O)O)cc1. The van der Waals surface area contributed by atoms with E-state index in [9.17, 15) is 13.2 Å². The highest BCUT2D eigenvalue weighted by Gasteiger charge is 2.40. The van der Waals surface area contributed by atoms with Crippen LogP contribution in [0, 0.1) is 12.8 Å². The van der Waals surface area contributed by atoms with Crippen molar-refractivity contribution in [2.45, 2.75) is 43.2 Å². The predicted octanol–water partition coefficient (Wildman–Crippen LogP) is 1.54. The molecule has 6 nitrogen and oxygen atoms in total. The number of ether oxygens (including phenoxy) is 1. The zero-order chi connectivity index (χ0) is 16.3. The van der Waals surface area contributed by atoms with Gasteiger partial charge in [0.25, 0.3) is 10.1 Å². The van der Waals surface area contributed by atoms with Gasteiger partial charge in [0, 0.05) is 12.1 Å². The number of fused-ring (bicyclic) bond motifs is 2. The summed E-state index contributed by atoms with van der Waals surface area (Å²) >= 11 is 0. The van der Waals surface area contributed by atoms with Gasteiger partial charge in [-0.15, -0.1) is 0 Å². The van der Waals surface area contributed by atoms with Crippen LogP contribution in [0.2, 0.25) is 0 Å². The largest absolute Gasteiger partial charge is 0.469 e. The van der Waals surface area contributed by atoms with Crippen molar-refractivity contribution in [3.05, 3.63) is 29.8 Å². The summed E-state index contributed by atoms with van der Waals surface area (Å²) in [5, 5.41) is 3.38. The van der Waals surface area contributed by atoms with E-state index < -0.39 is 10.1 Å². The van der Waals surface area contributed by atoms with Gasteiger partial charge in [-0.05, 0) is 38.3 Å². The summed E-state index contributed by atoms with van der Waals surface area (Å²) < 4.78 is 34.2. The molecule has 2 bridgehead atoms. The summed E-state index contributed by atoms with van der Waals surface area (Å²) in [6, 6.07) is 7.18. The van der Waals surface area contributed by atoms with Crippen molar-refractivity contribution in [3.8, 4) is 0 Å². The Labute approximate surface area is 130 Å². The molecule has 22 heavy (non-hydrogen) atoms. The van der Waals surface area contributed by atoms with E-state index in [1.807, 2.05) is 6.92 Å². The van der Waals surface area contributed by atoms with E-state index in [0.717, 1.165) is 18.4 Å². The van der Waals surface area contributed by atoms with E-state index in [4.69, 9.17) is 9.29 Å². The first kappa shape index (κ1) is 16.9. The Balaban J connectivity index is 0.000000160. The normalized spacial score (nSPS) is 26.2. The van der Waals surface area contributed by atoms with Crippen LogP contribution in [0.1, 0.15) is 24.8 Å². The van der Waals surface area contributed by atoms with E-state index in [1.54, 1.807) is 12.1 Å². The number of carbonyl (C=O) groups excluding carboxylic acids is 1. The van der Waals surface area contributed by atoms with Crippen molar-refractivity contribution in [1.82, 2.24) is 5.32 Å². The lowest BCUT2D eigenvalue weighted by molar-refractivity contribution is -0.148. The number of nitrogens with one attached hydrogen (secondary N) is 1. The molecule has 2 aliphatic heterocycles. The van der Waals surface area contributed by atoms with Crippen LogP contribution in [0.15, 0.2) is 29.2 Å². The fourth-order valence-electron chi connectivity index (χ4n) is 2.83. The number of piperidine rings is 1. The van der Waals surface area contributed by atoms with E-state index in [1.165, 1.54) is 25.7 Å². The molecule has 4 rings (SSSR count). The first-order chi connectivity index (χ1) is 10.3. The van der Waals surface area contributed by atoms with E-state index in [0.29, 0.717) is 12.1 Å². The van der Waals surface area contributed by atoms with Crippen LogP contribution < -0.4 is 5.32 Å². The highest BCUT2D eigenvalue weighted by molar-refractivity contribution is 7.85. The molecule has 7 heteroatoms. The monoisotopic (exact) mass is 327 g/mol. The molecule has 1 aromatic rings. The molecule has 2 N–H and O–H groups in total. The second-order valence-electron chi connectivity index (χ2n) is 5.78. The lowest BCUT2D eigenvalue weighted by Gasteiger charge is -2.45. The average Bonchev–Trinajstić information content (AvgIpc) is 2.46. The Morgan fingerprint density at radius 1 is 1.18 bits per heavy atom. The van der Waals surface area contributed by atoms with Crippen molar-refractivity contribution < 1.29 is 22.5 Å². The van der Waals surface area contributed by atoms with Crippen LogP contribution in [-0.4, -0.2) is 38.1 Å². The summed E-state index contributed by atoms with van der Waals surface area (Å²) in [6.45, 7) is 1.84. The Kier molecular flexibility index (Phi) is 5.20. The van der Waals surface area contributed by atoms with Gasteiger partial charge in [-0.25, -0.2) is 0 Å². The van der Waals surface area contributed by atoms with Crippen molar-refractivity contribution in [1.29, 1.82) is 0 Å². The predicted molar refractivity (Wildman–Crippen MR) is 81.1 cm³/mol. The number of hydrogen-bond acceptors (Lipinski definition) is 5. The highest BCUT2D eigenvalue weighted by atomic mass is 32.2. The minimum atomic E-state index is -4.02. The molecule has 122 valence electrons. The maximum Gasteiger partial charge on any atom is 0.308 e. The first-order valence-electron chi connectivity index (χ1n) is 7.17. The second kappa shape index (κ2) is 6.76. The topological polar surface area (TPSA) is 92.7 Å². The van der Waals surface area contributed by atoms with Gasteiger partial charge in [0.05, 0.1) is 17.9 Å². The van der Waals surface area contributed by atoms with Gasteiger partial charge in [-0.3, -0.25) is 9.35 Å². The second-order valence-corrected chi connectivity index (χ2v) is 7.20. The third kappa shape index (κ3) is 4.28. The number of aryl methyl sites for hydroxylation is 1. The van der Waals surface area contributed by atoms with Gasteiger partial charge < -0.3 is 10.1 Å². The van der Waals surface area contributed by atoms with Gasteiger partial charge in [0.1, 0.15) is 0 Å². The maximum absolute atomic E-state index is 11.1. The smallest absolute Gasteiger partial charge is 0.308 e. The van der Waals surface area contributed by atoms with Crippen LogP contribution >= 0.6 is 0 Å². The molecule has 2 saturated heterocycles. The van der Waals surface area contributed by atoms with Gasteiger partial charge in [-0.1, -0.05) is 17.7 Å². The fraction of sp³-hybridized carbons (Fsp3) is 0.533.